The minimum atomic E-state index is -0.650. The zero-order valence-electron chi connectivity index (χ0n) is 22.7. The molecule has 0 amide bonds. The lowest BCUT2D eigenvalue weighted by Crippen LogP contribution is -2.31. The van der Waals surface area contributed by atoms with Gasteiger partial charge in [-0.05, 0) is 100 Å². The molecule has 0 rings (SSSR count). The van der Waals surface area contributed by atoms with E-state index in [0.717, 1.165) is 57.8 Å². The standard InChI is InChI=1S/C27H52O6/c1-24(2,30)18-13-9-11-16-22(28)32-26(5,6)20-15-21-27(7,8)33-23(29)17-12-10-14-19-25(3,4)31/h30-31H,9-21H2,1-8H3. The molecule has 0 unspecified atom stereocenters. The van der Waals surface area contributed by atoms with E-state index in [0.29, 0.717) is 25.7 Å². The van der Waals surface area contributed by atoms with Gasteiger partial charge in [-0.15, -0.1) is 0 Å². The fourth-order valence-electron chi connectivity index (χ4n) is 3.77. The fraction of sp³-hybridized carbons (Fsp3) is 0.926. The van der Waals surface area contributed by atoms with Crippen LogP contribution in [0.2, 0.25) is 0 Å². The Hall–Kier alpha value is -1.14. The number of hydrogen-bond donors (Lipinski definition) is 2. The van der Waals surface area contributed by atoms with E-state index in [2.05, 4.69) is 0 Å². The van der Waals surface area contributed by atoms with Gasteiger partial charge < -0.3 is 19.7 Å². The summed E-state index contributed by atoms with van der Waals surface area (Å²) in [6, 6.07) is 0. The van der Waals surface area contributed by atoms with Gasteiger partial charge in [0.25, 0.3) is 0 Å². The summed E-state index contributed by atoms with van der Waals surface area (Å²) in [7, 11) is 0. The van der Waals surface area contributed by atoms with Crippen LogP contribution in [0, 0.1) is 0 Å². The monoisotopic (exact) mass is 472 g/mol. The average Bonchev–Trinajstić information content (AvgIpc) is 2.57. The van der Waals surface area contributed by atoms with E-state index in [-0.39, 0.29) is 11.9 Å². The first-order chi connectivity index (χ1) is 14.9. The molecule has 196 valence electrons. The van der Waals surface area contributed by atoms with Gasteiger partial charge in [-0.1, -0.05) is 25.7 Å². The van der Waals surface area contributed by atoms with Crippen molar-refractivity contribution in [2.75, 3.05) is 0 Å². The van der Waals surface area contributed by atoms with Crippen molar-refractivity contribution in [3.63, 3.8) is 0 Å². The first-order valence-electron chi connectivity index (χ1n) is 12.8. The van der Waals surface area contributed by atoms with Crippen molar-refractivity contribution in [3.8, 4) is 0 Å². The van der Waals surface area contributed by atoms with Crippen molar-refractivity contribution in [2.45, 2.75) is 161 Å². The SMILES string of the molecule is CC(C)(O)CCCCCC(=O)OC(C)(C)CCCC(C)(C)OC(=O)CCCCCC(C)(C)O. The molecule has 0 saturated heterocycles. The Labute approximate surface area is 202 Å². The highest BCUT2D eigenvalue weighted by atomic mass is 16.6. The van der Waals surface area contributed by atoms with Crippen molar-refractivity contribution in [1.29, 1.82) is 0 Å². The smallest absolute Gasteiger partial charge is 0.306 e. The van der Waals surface area contributed by atoms with Crippen LogP contribution in [0.3, 0.4) is 0 Å². The van der Waals surface area contributed by atoms with Crippen LogP contribution in [0.15, 0.2) is 0 Å². The zero-order valence-corrected chi connectivity index (χ0v) is 22.7. The van der Waals surface area contributed by atoms with Gasteiger partial charge in [-0.3, -0.25) is 9.59 Å². The minimum absolute atomic E-state index is 0.182. The highest BCUT2D eigenvalue weighted by Gasteiger charge is 2.27. The Morgan fingerprint density at radius 2 is 0.848 bits per heavy atom. The van der Waals surface area contributed by atoms with Gasteiger partial charge in [0.15, 0.2) is 0 Å². The molecule has 0 atom stereocenters. The summed E-state index contributed by atoms with van der Waals surface area (Å²) in [5, 5.41) is 19.4. The van der Waals surface area contributed by atoms with E-state index in [1.54, 1.807) is 27.7 Å². The van der Waals surface area contributed by atoms with E-state index in [9.17, 15) is 19.8 Å². The van der Waals surface area contributed by atoms with Crippen LogP contribution in [0.25, 0.3) is 0 Å². The van der Waals surface area contributed by atoms with Crippen LogP contribution in [-0.4, -0.2) is 44.6 Å². The molecule has 0 aromatic carbocycles. The molecule has 0 aliphatic carbocycles. The van der Waals surface area contributed by atoms with Crippen molar-refractivity contribution < 1.29 is 29.3 Å². The first-order valence-corrected chi connectivity index (χ1v) is 12.8. The molecule has 6 heteroatoms. The molecule has 33 heavy (non-hydrogen) atoms. The molecular weight excluding hydrogens is 420 g/mol. The molecule has 0 aromatic rings. The van der Waals surface area contributed by atoms with Crippen LogP contribution in [0.1, 0.15) is 139 Å². The zero-order chi connectivity index (χ0) is 25.8. The molecule has 0 aliphatic rings. The quantitative estimate of drug-likeness (QED) is 0.181. The number of hydrogen-bond acceptors (Lipinski definition) is 6. The second kappa shape index (κ2) is 14.3. The van der Waals surface area contributed by atoms with Gasteiger partial charge in [-0.2, -0.15) is 0 Å². The Kier molecular flexibility index (Phi) is 13.8. The molecule has 0 saturated carbocycles. The summed E-state index contributed by atoms with van der Waals surface area (Å²) < 4.78 is 11.3. The molecule has 2 N–H and O–H groups in total. The minimum Gasteiger partial charge on any atom is -0.460 e. The van der Waals surface area contributed by atoms with Crippen LogP contribution in [0.5, 0.6) is 0 Å². The second-order valence-electron chi connectivity index (χ2n) is 12.1. The number of ether oxygens (including phenoxy) is 2. The van der Waals surface area contributed by atoms with E-state index >= 15 is 0 Å². The predicted octanol–water partition coefficient (Wildman–Crippen LogP) is 6.24. The molecule has 0 heterocycles. The predicted molar refractivity (Wildman–Crippen MR) is 133 cm³/mol. The summed E-state index contributed by atoms with van der Waals surface area (Å²) in [5.41, 5.74) is -2.40. The summed E-state index contributed by atoms with van der Waals surface area (Å²) in [5.74, 6) is -0.364. The fourth-order valence-corrected chi connectivity index (χ4v) is 3.77. The number of carbonyl (C=O) groups excluding carboxylic acids is 2. The number of carbonyl (C=O) groups is 2. The maximum Gasteiger partial charge on any atom is 0.306 e. The van der Waals surface area contributed by atoms with Crippen molar-refractivity contribution in [3.05, 3.63) is 0 Å². The molecule has 0 radical (unpaired) electrons. The molecule has 6 nitrogen and oxygen atoms in total. The number of aliphatic hydroxyl groups is 2. The van der Waals surface area contributed by atoms with Gasteiger partial charge in [0.05, 0.1) is 11.2 Å². The largest absolute Gasteiger partial charge is 0.460 e. The molecule has 0 aliphatic heterocycles. The Balaban J connectivity index is 4.08. The van der Waals surface area contributed by atoms with Crippen LogP contribution in [0.4, 0.5) is 0 Å². The van der Waals surface area contributed by atoms with Crippen LogP contribution >= 0.6 is 0 Å². The Morgan fingerprint density at radius 3 is 1.15 bits per heavy atom. The maximum absolute atomic E-state index is 12.2. The van der Waals surface area contributed by atoms with Crippen LogP contribution < -0.4 is 0 Å². The van der Waals surface area contributed by atoms with Gasteiger partial charge in [0, 0.05) is 12.8 Å². The maximum atomic E-state index is 12.2. The lowest BCUT2D eigenvalue weighted by molar-refractivity contribution is -0.158. The van der Waals surface area contributed by atoms with Crippen molar-refractivity contribution in [1.82, 2.24) is 0 Å². The summed E-state index contributed by atoms with van der Waals surface area (Å²) in [6.07, 6.45) is 9.59. The normalized spacial score (nSPS) is 13.2. The summed E-state index contributed by atoms with van der Waals surface area (Å²) in [6.45, 7) is 14.9. The van der Waals surface area contributed by atoms with E-state index in [1.165, 1.54) is 0 Å². The Bertz CT molecular complexity index is 516. The third-order valence-corrected chi connectivity index (χ3v) is 5.68. The molecule has 0 aromatic heterocycles. The molecule has 0 bridgehead atoms. The summed E-state index contributed by atoms with van der Waals surface area (Å²) >= 11 is 0. The molecule has 0 fully saturated rings. The third-order valence-electron chi connectivity index (χ3n) is 5.68. The molecule has 0 spiro atoms. The molecular formula is C27H52O6. The van der Waals surface area contributed by atoms with Crippen molar-refractivity contribution in [2.24, 2.45) is 0 Å². The van der Waals surface area contributed by atoms with Gasteiger partial charge in [0.2, 0.25) is 0 Å². The highest BCUT2D eigenvalue weighted by Crippen LogP contribution is 2.25. The lowest BCUT2D eigenvalue weighted by Gasteiger charge is -2.29. The highest BCUT2D eigenvalue weighted by molar-refractivity contribution is 5.70. The lowest BCUT2D eigenvalue weighted by atomic mass is 9.94. The second-order valence-corrected chi connectivity index (χ2v) is 12.1. The van der Waals surface area contributed by atoms with Gasteiger partial charge >= 0.3 is 11.9 Å². The van der Waals surface area contributed by atoms with Crippen molar-refractivity contribution >= 4 is 11.9 Å². The number of unbranched alkanes of at least 4 members (excludes halogenated alkanes) is 4. The summed E-state index contributed by atoms with van der Waals surface area (Å²) in [4.78, 5) is 24.3. The number of esters is 2. The first kappa shape index (κ1) is 31.9. The van der Waals surface area contributed by atoms with Gasteiger partial charge in [-0.25, -0.2) is 0 Å². The topological polar surface area (TPSA) is 93.1 Å². The third kappa shape index (κ3) is 21.2. The van der Waals surface area contributed by atoms with E-state index < -0.39 is 22.4 Å². The van der Waals surface area contributed by atoms with E-state index in [4.69, 9.17) is 9.47 Å². The van der Waals surface area contributed by atoms with E-state index in [1.807, 2.05) is 27.7 Å². The van der Waals surface area contributed by atoms with Gasteiger partial charge in [0.1, 0.15) is 11.2 Å². The Morgan fingerprint density at radius 1 is 0.515 bits per heavy atom. The number of rotatable bonds is 18. The van der Waals surface area contributed by atoms with Crippen LogP contribution in [-0.2, 0) is 19.1 Å². The average molecular weight is 473 g/mol.